The lowest BCUT2D eigenvalue weighted by Gasteiger charge is -1.98. The molecule has 0 unspecified atom stereocenters. The van der Waals surface area contributed by atoms with Gasteiger partial charge >= 0.3 is 0 Å². The molecule has 13 heavy (non-hydrogen) atoms. The minimum atomic E-state index is -0.239. The van der Waals surface area contributed by atoms with E-state index in [2.05, 4.69) is 4.98 Å². The Morgan fingerprint density at radius 2 is 2.23 bits per heavy atom. The quantitative estimate of drug-likeness (QED) is 0.691. The minimum absolute atomic E-state index is 0.0670. The smallest absolute Gasteiger partial charge is 0.150 e. The van der Waals surface area contributed by atoms with Crippen molar-refractivity contribution >= 4 is 10.9 Å². The standard InChI is InChI=1S/C10H10FNO/c1-6-2-3-8-7(5-13)4-12-10(8)9(6)11/h2-4,12-13H,5H2,1H3. The van der Waals surface area contributed by atoms with Gasteiger partial charge in [-0.3, -0.25) is 0 Å². The maximum Gasteiger partial charge on any atom is 0.150 e. The monoisotopic (exact) mass is 179 g/mol. The molecule has 0 saturated carbocycles. The van der Waals surface area contributed by atoms with Gasteiger partial charge in [0.1, 0.15) is 5.82 Å². The van der Waals surface area contributed by atoms with Gasteiger partial charge in [-0.1, -0.05) is 12.1 Å². The molecule has 0 atom stereocenters. The van der Waals surface area contributed by atoms with Gasteiger partial charge in [0.25, 0.3) is 0 Å². The van der Waals surface area contributed by atoms with Gasteiger partial charge in [0.2, 0.25) is 0 Å². The molecule has 2 aromatic rings. The summed E-state index contributed by atoms with van der Waals surface area (Å²) in [4.78, 5) is 2.81. The Bertz CT molecular complexity index is 447. The first-order valence-electron chi connectivity index (χ1n) is 4.10. The van der Waals surface area contributed by atoms with Crippen molar-refractivity contribution in [3.8, 4) is 0 Å². The van der Waals surface area contributed by atoms with Crippen LogP contribution >= 0.6 is 0 Å². The SMILES string of the molecule is Cc1ccc2c(CO)c[nH]c2c1F. The van der Waals surface area contributed by atoms with E-state index >= 15 is 0 Å². The van der Waals surface area contributed by atoms with Gasteiger partial charge in [0.15, 0.2) is 0 Å². The molecule has 3 heteroatoms. The number of benzene rings is 1. The molecular formula is C10H10FNO. The maximum atomic E-state index is 13.4. The zero-order valence-electron chi connectivity index (χ0n) is 7.26. The fraction of sp³-hybridized carbons (Fsp3) is 0.200. The Balaban J connectivity index is 2.81. The molecule has 0 fully saturated rings. The number of hydrogen-bond acceptors (Lipinski definition) is 1. The largest absolute Gasteiger partial charge is 0.392 e. The Kier molecular flexibility index (Phi) is 1.81. The normalized spacial score (nSPS) is 11.0. The van der Waals surface area contributed by atoms with Crippen molar-refractivity contribution in [2.45, 2.75) is 13.5 Å². The molecule has 0 bridgehead atoms. The summed E-state index contributed by atoms with van der Waals surface area (Å²) in [5, 5.41) is 9.70. The molecule has 0 radical (unpaired) electrons. The third-order valence-electron chi connectivity index (χ3n) is 2.24. The zero-order chi connectivity index (χ0) is 9.42. The number of aryl methyl sites for hydroxylation is 1. The molecular weight excluding hydrogens is 169 g/mol. The first-order valence-corrected chi connectivity index (χ1v) is 4.10. The third-order valence-corrected chi connectivity index (χ3v) is 2.24. The van der Waals surface area contributed by atoms with Crippen LogP contribution in [0.15, 0.2) is 18.3 Å². The van der Waals surface area contributed by atoms with Gasteiger partial charge in [0.05, 0.1) is 12.1 Å². The van der Waals surface area contributed by atoms with Gasteiger partial charge in [0, 0.05) is 17.1 Å². The van der Waals surface area contributed by atoms with Crippen molar-refractivity contribution in [2.75, 3.05) is 0 Å². The van der Waals surface area contributed by atoms with E-state index in [0.29, 0.717) is 11.1 Å². The molecule has 0 aliphatic rings. The number of nitrogens with one attached hydrogen (secondary N) is 1. The van der Waals surface area contributed by atoms with E-state index in [1.54, 1.807) is 19.2 Å². The van der Waals surface area contributed by atoms with Crippen LogP contribution in [0.3, 0.4) is 0 Å². The lowest BCUT2D eigenvalue weighted by molar-refractivity contribution is 0.283. The van der Waals surface area contributed by atoms with Gasteiger partial charge in [-0.05, 0) is 12.5 Å². The van der Waals surface area contributed by atoms with Gasteiger partial charge < -0.3 is 10.1 Å². The number of H-pyrrole nitrogens is 1. The zero-order valence-corrected chi connectivity index (χ0v) is 7.26. The van der Waals surface area contributed by atoms with Crippen LogP contribution < -0.4 is 0 Å². The average Bonchev–Trinajstić information content (AvgIpc) is 2.55. The summed E-state index contributed by atoms with van der Waals surface area (Å²) in [7, 11) is 0. The molecule has 2 nitrogen and oxygen atoms in total. The predicted molar refractivity (Wildman–Crippen MR) is 48.9 cm³/mol. The predicted octanol–water partition coefficient (Wildman–Crippen LogP) is 2.11. The Labute approximate surface area is 75.0 Å². The second-order valence-corrected chi connectivity index (χ2v) is 3.09. The molecule has 2 rings (SSSR count). The van der Waals surface area contributed by atoms with E-state index in [0.717, 1.165) is 10.9 Å². The molecule has 0 saturated heterocycles. The van der Waals surface area contributed by atoms with Crippen LogP contribution in [0.4, 0.5) is 4.39 Å². The third kappa shape index (κ3) is 1.12. The van der Waals surface area contributed by atoms with Crippen molar-refractivity contribution in [1.82, 2.24) is 4.98 Å². The Morgan fingerprint density at radius 1 is 1.46 bits per heavy atom. The van der Waals surface area contributed by atoms with Crippen molar-refractivity contribution < 1.29 is 9.50 Å². The van der Waals surface area contributed by atoms with Crippen molar-refractivity contribution in [2.24, 2.45) is 0 Å². The molecule has 2 N–H and O–H groups in total. The summed E-state index contributed by atoms with van der Waals surface area (Å²) in [5.74, 6) is -0.239. The van der Waals surface area contributed by atoms with Crippen molar-refractivity contribution in [1.29, 1.82) is 0 Å². The molecule has 1 aromatic heterocycles. The highest BCUT2D eigenvalue weighted by atomic mass is 19.1. The second kappa shape index (κ2) is 2.85. The van der Waals surface area contributed by atoms with Crippen LogP contribution in [0.5, 0.6) is 0 Å². The lowest BCUT2D eigenvalue weighted by atomic mass is 10.1. The Morgan fingerprint density at radius 3 is 2.92 bits per heavy atom. The van der Waals surface area contributed by atoms with E-state index in [1.165, 1.54) is 0 Å². The molecule has 0 aliphatic heterocycles. The minimum Gasteiger partial charge on any atom is -0.392 e. The summed E-state index contributed by atoms with van der Waals surface area (Å²) >= 11 is 0. The molecule has 0 aliphatic carbocycles. The van der Waals surface area contributed by atoms with Crippen LogP contribution in [0.1, 0.15) is 11.1 Å². The average molecular weight is 179 g/mol. The highest BCUT2D eigenvalue weighted by Gasteiger charge is 2.08. The van der Waals surface area contributed by atoms with E-state index in [9.17, 15) is 4.39 Å². The van der Waals surface area contributed by atoms with E-state index in [4.69, 9.17) is 5.11 Å². The van der Waals surface area contributed by atoms with Crippen LogP contribution in [0, 0.1) is 12.7 Å². The van der Waals surface area contributed by atoms with Gasteiger partial charge in [-0.25, -0.2) is 4.39 Å². The number of aliphatic hydroxyl groups is 1. The Hall–Kier alpha value is -1.35. The van der Waals surface area contributed by atoms with E-state index in [-0.39, 0.29) is 12.4 Å². The molecule has 68 valence electrons. The number of fused-ring (bicyclic) bond motifs is 1. The van der Waals surface area contributed by atoms with Crippen molar-refractivity contribution in [3.63, 3.8) is 0 Å². The topological polar surface area (TPSA) is 36.0 Å². The highest BCUT2D eigenvalue weighted by molar-refractivity contribution is 5.84. The first kappa shape index (κ1) is 8.26. The number of halogens is 1. The molecule has 0 spiro atoms. The first-order chi connectivity index (χ1) is 6.24. The number of hydrogen-bond donors (Lipinski definition) is 2. The summed E-state index contributed by atoms with van der Waals surface area (Å²) in [6.07, 6.45) is 1.63. The lowest BCUT2D eigenvalue weighted by Crippen LogP contribution is -1.84. The molecule has 1 aromatic carbocycles. The van der Waals surface area contributed by atoms with Gasteiger partial charge in [-0.15, -0.1) is 0 Å². The fourth-order valence-electron chi connectivity index (χ4n) is 1.46. The summed E-state index contributed by atoms with van der Waals surface area (Å²) in [6, 6.07) is 3.53. The van der Waals surface area contributed by atoms with Crippen LogP contribution in [0.25, 0.3) is 10.9 Å². The maximum absolute atomic E-state index is 13.4. The van der Waals surface area contributed by atoms with Gasteiger partial charge in [-0.2, -0.15) is 0 Å². The van der Waals surface area contributed by atoms with E-state index < -0.39 is 0 Å². The van der Waals surface area contributed by atoms with E-state index in [1.807, 2.05) is 6.07 Å². The van der Waals surface area contributed by atoms with Crippen LogP contribution in [-0.4, -0.2) is 10.1 Å². The van der Waals surface area contributed by atoms with Crippen LogP contribution in [-0.2, 0) is 6.61 Å². The summed E-state index contributed by atoms with van der Waals surface area (Å²) in [5.41, 5.74) is 1.82. The fourth-order valence-corrected chi connectivity index (χ4v) is 1.46. The highest BCUT2D eigenvalue weighted by Crippen LogP contribution is 2.22. The number of aromatic amines is 1. The molecule has 0 amide bonds. The molecule has 1 heterocycles. The van der Waals surface area contributed by atoms with Crippen molar-refractivity contribution in [3.05, 3.63) is 35.3 Å². The number of aromatic nitrogens is 1. The van der Waals surface area contributed by atoms with Crippen LogP contribution in [0.2, 0.25) is 0 Å². The summed E-state index contributed by atoms with van der Waals surface area (Å²) in [6.45, 7) is 1.65. The number of aliphatic hydroxyl groups excluding tert-OH is 1. The second-order valence-electron chi connectivity index (χ2n) is 3.09. The summed E-state index contributed by atoms with van der Waals surface area (Å²) < 4.78 is 13.4. The number of rotatable bonds is 1.